The molecule has 1 fully saturated rings. The maximum Gasteiger partial charge on any atom is 0.340 e. The molecule has 0 bridgehead atoms. The second-order valence-electron chi connectivity index (χ2n) is 9.85. The average molecular weight is 488 g/mol. The van der Waals surface area contributed by atoms with Crippen molar-refractivity contribution in [2.24, 2.45) is 12.5 Å². The van der Waals surface area contributed by atoms with E-state index in [1.54, 1.807) is 38.9 Å². The summed E-state index contributed by atoms with van der Waals surface area (Å²) >= 11 is 0. The molecule has 0 aromatic carbocycles. The molecule has 0 saturated carbocycles. The Hall–Kier alpha value is -3.09. The normalized spacial score (nSPS) is 15.1. The molecule has 0 radical (unpaired) electrons. The number of likely N-dealkylation sites (tertiary alicyclic amines) is 1. The molecule has 0 atom stereocenters. The van der Waals surface area contributed by atoms with Crippen LogP contribution in [0.25, 0.3) is 10.9 Å². The smallest absolute Gasteiger partial charge is 0.340 e. The van der Waals surface area contributed by atoms with E-state index in [0.717, 1.165) is 0 Å². The first-order valence-electron chi connectivity index (χ1n) is 11.7. The molecular weight excluding hydrogens is 450 g/mol. The first-order chi connectivity index (χ1) is 16.2. The summed E-state index contributed by atoms with van der Waals surface area (Å²) in [6.45, 7) is 12.0. The minimum atomic E-state index is -0.587. The lowest BCUT2D eigenvalue weighted by Gasteiger charge is -2.35. The fourth-order valence-electron chi connectivity index (χ4n) is 3.68. The van der Waals surface area contributed by atoms with Gasteiger partial charge in [-0.15, -0.1) is 0 Å². The van der Waals surface area contributed by atoms with Crippen LogP contribution in [0.1, 0.15) is 69.1 Å². The highest BCUT2D eigenvalue weighted by Crippen LogP contribution is 2.25. The summed E-state index contributed by atoms with van der Waals surface area (Å²) in [6, 6.07) is 0. The van der Waals surface area contributed by atoms with Crippen molar-refractivity contribution in [3.8, 4) is 11.8 Å². The number of aromatic amines is 1. The minimum absolute atomic E-state index is 0.0915. The van der Waals surface area contributed by atoms with Crippen LogP contribution in [0, 0.1) is 24.2 Å². The van der Waals surface area contributed by atoms with Crippen molar-refractivity contribution in [1.82, 2.24) is 14.5 Å². The maximum atomic E-state index is 12.4. The van der Waals surface area contributed by atoms with Crippen molar-refractivity contribution in [1.29, 1.82) is 0 Å². The minimum Gasteiger partial charge on any atom is -0.462 e. The maximum absolute atomic E-state index is 12.4. The zero-order valence-corrected chi connectivity index (χ0v) is 21.7. The Labute approximate surface area is 206 Å². The molecule has 0 aliphatic carbocycles. The van der Waals surface area contributed by atoms with Gasteiger partial charge in [0.25, 0.3) is 5.56 Å². The highest BCUT2D eigenvalue weighted by molar-refractivity contribution is 6.07. The number of pyridine rings is 1. The molecule has 9 heteroatoms. The van der Waals surface area contributed by atoms with Gasteiger partial charge >= 0.3 is 5.97 Å². The van der Waals surface area contributed by atoms with E-state index in [0.29, 0.717) is 53.7 Å². The van der Waals surface area contributed by atoms with Crippen LogP contribution in [-0.2, 0) is 16.6 Å². The van der Waals surface area contributed by atoms with E-state index < -0.39 is 17.0 Å². The van der Waals surface area contributed by atoms with Crippen LogP contribution >= 0.6 is 0 Å². The van der Waals surface area contributed by atoms with Gasteiger partial charge in [-0.25, -0.2) is 4.79 Å². The largest absolute Gasteiger partial charge is 0.462 e. The SMILES string of the molecule is CC(=O)N1CCC(C)(O)CC1.CCOC(=O)c1c(C)[nH]c2c(=O)n(C)cc(C#CC(C)(C)CO)c12. The molecule has 3 heterocycles. The van der Waals surface area contributed by atoms with Crippen molar-refractivity contribution in [2.45, 2.75) is 60.0 Å². The van der Waals surface area contributed by atoms with E-state index in [1.165, 1.54) is 4.57 Å². The number of nitrogens with one attached hydrogen (secondary N) is 1. The predicted octanol–water partition coefficient (Wildman–Crippen LogP) is 2.10. The molecule has 0 unspecified atom stereocenters. The molecule has 1 aliphatic rings. The van der Waals surface area contributed by atoms with E-state index in [-0.39, 0.29) is 24.7 Å². The van der Waals surface area contributed by atoms with Crippen molar-refractivity contribution < 1.29 is 24.5 Å². The number of H-pyrrole nitrogens is 1. The number of esters is 1. The third kappa shape index (κ3) is 6.96. The summed E-state index contributed by atoms with van der Waals surface area (Å²) in [5.74, 6) is 5.61. The Morgan fingerprint density at radius 3 is 2.40 bits per heavy atom. The first-order valence-corrected chi connectivity index (χ1v) is 11.7. The van der Waals surface area contributed by atoms with Crippen LogP contribution in [0.4, 0.5) is 0 Å². The molecule has 1 amide bonds. The summed E-state index contributed by atoms with van der Waals surface area (Å²) in [6.07, 6.45) is 3.00. The number of rotatable bonds is 3. The molecule has 2 aromatic rings. The van der Waals surface area contributed by atoms with Gasteiger partial charge in [0, 0.05) is 49.8 Å². The number of aliphatic hydroxyl groups is 2. The Bertz CT molecular complexity index is 1200. The number of piperidine rings is 1. The number of carbonyl (C=O) groups excluding carboxylic acids is 2. The summed E-state index contributed by atoms with van der Waals surface area (Å²) in [5.41, 5.74) is 0.387. The van der Waals surface area contributed by atoms with Crippen LogP contribution in [-0.4, -0.2) is 68.4 Å². The van der Waals surface area contributed by atoms with Crippen molar-refractivity contribution in [2.75, 3.05) is 26.3 Å². The monoisotopic (exact) mass is 487 g/mol. The summed E-state index contributed by atoms with van der Waals surface area (Å²) < 4.78 is 6.53. The number of aliphatic hydroxyl groups excluding tert-OH is 1. The highest BCUT2D eigenvalue weighted by Gasteiger charge is 2.28. The number of hydrogen-bond donors (Lipinski definition) is 3. The molecular formula is C26H37N3O6. The molecule has 3 N–H and O–H groups in total. The average Bonchev–Trinajstić information content (AvgIpc) is 3.13. The van der Waals surface area contributed by atoms with Crippen molar-refractivity contribution in [3.63, 3.8) is 0 Å². The highest BCUT2D eigenvalue weighted by atomic mass is 16.5. The van der Waals surface area contributed by atoms with Crippen LogP contribution in [0.5, 0.6) is 0 Å². The number of nitrogens with zero attached hydrogens (tertiary/aromatic N) is 2. The zero-order valence-electron chi connectivity index (χ0n) is 21.7. The molecule has 1 saturated heterocycles. The lowest BCUT2D eigenvalue weighted by atomic mass is 9.94. The molecule has 0 spiro atoms. The number of aromatic nitrogens is 2. The number of aryl methyl sites for hydroxylation is 2. The van der Waals surface area contributed by atoms with E-state index in [9.17, 15) is 24.6 Å². The van der Waals surface area contributed by atoms with Crippen LogP contribution in [0.2, 0.25) is 0 Å². The first kappa shape index (κ1) is 28.1. The standard InChI is InChI=1S/C18H22N2O4.C8H15NO2/c1-6-24-17(23)13-11(2)19-15-14(13)12(9-20(5)16(15)22)7-8-18(3,4)10-21;1-7(10)9-5-3-8(2,11)4-6-9/h9,19,21H,6,10H2,1-5H3;11H,3-6H2,1-2H3. The molecule has 9 nitrogen and oxygen atoms in total. The van der Waals surface area contributed by atoms with Crippen LogP contribution in [0.15, 0.2) is 11.0 Å². The number of hydrogen-bond acceptors (Lipinski definition) is 6. The Morgan fingerprint density at radius 1 is 1.29 bits per heavy atom. The van der Waals surface area contributed by atoms with E-state index in [4.69, 9.17) is 4.74 Å². The van der Waals surface area contributed by atoms with Gasteiger partial charge < -0.3 is 29.4 Å². The third-order valence-corrected chi connectivity index (χ3v) is 6.01. The van der Waals surface area contributed by atoms with Gasteiger partial charge in [-0.3, -0.25) is 9.59 Å². The van der Waals surface area contributed by atoms with Gasteiger partial charge in [0.2, 0.25) is 5.91 Å². The van der Waals surface area contributed by atoms with Gasteiger partial charge in [-0.2, -0.15) is 0 Å². The summed E-state index contributed by atoms with van der Waals surface area (Å²) in [4.78, 5) is 40.3. The van der Waals surface area contributed by atoms with E-state index in [2.05, 4.69) is 16.8 Å². The molecule has 1 aliphatic heterocycles. The lowest BCUT2D eigenvalue weighted by Crippen LogP contribution is -2.44. The summed E-state index contributed by atoms with van der Waals surface area (Å²) in [5, 5.41) is 19.4. The molecule has 35 heavy (non-hydrogen) atoms. The fraction of sp³-hybridized carbons (Fsp3) is 0.577. The van der Waals surface area contributed by atoms with Crippen molar-refractivity contribution in [3.05, 3.63) is 33.4 Å². The topological polar surface area (TPSA) is 125 Å². The van der Waals surface area contributed by atoms with Gasteiger partial charge in [0.15, 0.2) is 0 Å². The second-order valence-corrected chi connectivity index (χ2v) is 9.85. The van der Waals surface area contributed by atoms with E-state index >= 15 is 0 Å². The third-order valence-electron chi connectivity index (χ3n) is 6.01. The van der Waals surface area contributed by atoms with E-state index in [1.807, 2.05) is 20.8 Å². The lowest BCUT2D eigenvalue weighted by molar-refractivity contribution is -0.132. The number of fused-ring (bicyclic) bond motifs is 1. The quantitative estimate of drug-likeness (QED) is 0.450. The second kappa shape index (κ2) is 11.1. The fourth-order valence-corrected chi connectivity index (χ4v) is 3.68. The van der Waals surface area contributed by atoms with Crippen molar-refractivity contribution >= 4 is 22.8 Å². The van der Waals surface area contributed by atoms with Gasteiger partial charge in [-0.1, -0.05) is 11.8 Å². The number of amides is 1. The Balaban J connectivity index is 0.000000328. The Morgan fingerprint density at radius 2 is 1.89 bits per heavy atom. The molecule has 192 valence electrons. The van der Waals surface area contributed by atoms with Crippen LogP contribution in [0.3, 0.4) is 0 Å². The Kier molecular flexibility index (Phi) is 8.93. The number of ether oxygens (including phenoxy) is 1. The van der Waals surface area contributed by atoms with Gasteiger partial charge in [0.05, 0.1) is 29.9 Å². The zero-order chi connectivity index (χ0) is 26.6. The molecule has 3 rings (SSSR count). The van der Waals surface area contributed by atoms with Gasteiger partial charge in [0.1, 0.15) is 5.52 Å². The summed E-state index contributed by atoms with van der Waals surface area (Å²) in [7, 11) is 1.63. The number of carbonyl (C=O) groups is 2. The predicted molar refractivity (Wildman–Crippen MR) is 134 cm³/mol. The van der Waals surface area contributed by atoms with Gasteiger partial charge in [-0.05, 0) is 47.5 Å². The molecule has 2 aromatic heterocycles. The van der Waals surface area contributed by atoms with Crippen LogP contribution < -0.4 is 5.56 Å².